The van der Waals surface area contributed by atoms with E-state index >= 15 is 0 Å². The molecule has 2 fully saturated rings. The summed E-state index contributed by atoms with van der Waals surface area (Å²) < 4.78 is 32.4. The molecule has 13 heavy (non-hydrogen) atoms. The van der Waals surface area contributed by atoms with E-state index in [1.165, 1.54) is 0 Å². The molecule has 0 aromatic carbocycles. The van der Waals surface area contributed by atoms with E-state index in [4.69, 9.17) is 0 Å². The Balaban J connectivity index is 2.04. The van der Waals surface area contributed by atoms with Gasteiger partial charge in [0.25, 0.3) is 0 Å². The average molecular weight is 203 g/mol. The monoisotopic (exact) mass is 203 g/mol. The molecule has 2 aliphatic carbocycles. The Morgan fingerprint density at radius 2 is 1.85 bits per heavy atom. The van der Waals surface area contributed by atoms with Gasteiger partial charge in [-0.1, -0.05) is 19.8 Å². The van der Waals surface area contributed by atoms with Crippen LogP contribution in [0.25, 0.3) is 0 Å². The summed E-state index contributed by atoms with van der Waals surface area (Å²) in [4.78, 5) is 0. The van der Waals surface area contributed by atoms with E-state index in [1.54, 1.807) is 0 Å². The smallest absolute Gasteiger partial charge is 0.0981 e. The van der Waals surface area contributed by atoms with Crippen molar-refractivity contribution in [1.82, 2.24) is 0 Å². The molecule has 3 nitrogen and oxygen atoms in total. The largest absolute Gasteiger partial charge is 0.748 e. The van der Waals surface area contributed by atoms with E-state index in [0.29, 0.717) is 12.3 Å². The first-order valence-electron chi connectivity index (χ1n) is 4.89. The van der Waals surface area contributed by atoms with E-state index in [9.17, 15) is 13.0 Å². The van der Waals surface area contributed by atoms with Gasteiger partial charge in [-0.2, -0.15) is 0 Å². The van der Waals surface area contributed by atoms with Crippen LogP contribution in [-0.4, -0.2) is 18.2 Å². The summed E-state index contributed by atoms with van der Waals surface area (Å²) in [5.41, 5.74) is -0.0902. The van der Waals surface area contributed by atoms with Crippen molar-refractivity contribution in [3.05, 3.63) is 0 Å². The summed E-state index contributed by atoms with van der Waals surface area (Å²) in [6, 6.07) is 0. The summed E-state index contributed by atoms with van der Waals surface area (Å²) in [6.07, 6.45) is 4.70. The molecule has 0 aromatic rings. The lowest BCUT2D eigenvalue weighted by Gasteiger charge is -2.27. The Morgan fingerprint density at radius 3 is 2.23 bits per heavy atom. The highest BCUT2D eigenvalue weighted by Gasteiger charge is 2.57. The third kappa shape index (κ3) is 1.62. The molecule has 2 rings (SSSR count). The van der Waals surface area contributed by atoms with Gasteiger partial charge in [0.15, 0.2) is 0 Å². The fraction of sp³-hybridized carbons (Fsp3) is 1.00. The molecular formula is C9H15O3S-. The third-order valence-electron chi connectivity index (χ3n) is 3.73. The molecule has 0 amide bonds. The van der Waals surface area contributed by atoms with Crippen LogP contribution in [-0.2, 0) is 10.1 Å². The second-order valence-corrected chi connectivity index (χ2v) is 6.29. The van der Waals surface area contributed by atoms with Crippen molar-refractivity contribution in [3.63, 3.8) is 0 Å². The second-order valence-electron chi connectivity index (χ2n) is 4.73. The van der Waals surface area contributed by atoms with Gasteiger partial charge in [0, 0.05) is 0 Å². The Kier molecular flexibility index (Phi) is 1.97. The first-order valence-corrected chi connectivity index (χ1v) is 6.36. The molecular weight excluding hydrogens is 188 g/mol. The predicted octanol–water partition coefficient (Wildman–Crippen LogP) is 1.50. The summed E-state index contributed by atoms with van der Waals surface area (Å²) in [5, 5.41) is -0.549. The van der Waals surface area contributed by atoms with Gasteiger partial charge >= 0.3 is 0 Å². The Labute approximate surface area is 79.3 Å². The van der Waals surface area contributed by atoms with Gasteiger partial charge in [-0.3, -0.25) is 0 Å². The Morgan fingerprint density at radius 1 is 1.31 bits per heavy atom. The third-order valence-corrected chi connectivity index (χ3v) is 5.10. The van der Waals surface area contributed by atoms with Crippen LogP contribution in [0, 0.1) is 11.3 Å². The first-order chi connectivity index (χ1) is 5.94. The second kappa shape index (κ2) is 2.70. The van der Waals surface area contributed by atoms with Crippen LogP contribution >= 0.6 is 0 Å². The van der Waals surface area contributed by atoms with Gasteiger partial charge in [-0.05, 0) is 30.6 Å². The first kappa shape index (κ1) is 9.46. The van der Waals surface area contributed by atoms with Gasteiger partial charge in [0.1, 0.15) is 0 Å². The van der Waals surface area contributed by atoms with Crippen LogP contribution in [0.3, 0.4) is 0 Å². The lowest BCUT2D eigenvalue weighted by Crippen LogP contribution is -2.20. The van der Waals surface area contributed by atoms with Crippen LogP contribution in [0.4, 0.5) is 0 Å². The van der Waals surface area contributed by atoms with Crippen molar-refractivity contribution in [2.24, 2.45) is 11.3 Å². The molecule has 0 N–H and O–H groups in total. The number of hydrogen-bond acceptors (Lipinski definition) is 3. The summed E-state index contributed by atoms with van der Waals surface area (Å²) >= 11 is 0. The number of hydrogen-bond donors (Lipinski definition) is 0. The summed E-state index contributed by atoms with van der Waals surface area (Å²) in [5.74, 6) is 0.709. The highest BCUT2D eigenvalue weighted by atomic mass is 32.2. The molecule has 0 bridgehead atoms. The molecule has 1 spiro atoms. The molecule has 0 saturated heterocycles. The van der Waals surface area contributed by atoms with E-state index < -0.39 is 15.4 Å². The Hall–Kier alpha value is -0.0900. The van der Waals surface area contributed by atoms with Gasteiger partial charge in [-0.15, -0.1) is 0 Å². The maximum Gasteiger partial charge on any atom is 0.0981 e. The van der Waals surface area contributed by atoms with Gasteiger partial charge < -0.3 is 4.55 Å². The standard InChI is InChI=1S/C9H16O3S/c1-7-2-4-9(5-3-7)6-8(9)13(10,11)12/h7-8H,2-6H2,1H3,(H,10,11,12)/p-1. The van der Waals surface area contributed by atoms with E-state index in [-0.39, 0.29) is 5.41 Å². The molecule has 0 radical (unpaired) electrons. The zero-order valence-corrected chi connectivity index (χ0v) is 8.64. The van der Waals surface area contributed by atoms with Crippen molar-refractivity contribution in [3.8, 4) is 0 Å². The summed E-state index contributed by atoms with van der Waals surface area (Å²) in [7, 11) is -4.01. The fourth-order valence-corrected chi connectivity index (χ4v) is 3.97. The number of rotatable bonds is 1. The SMILES string of the molecule is CC1CCC2(CC1)CC2S(=O)(=O)[O-]. The van der Waals surface area contributed by atoms with Crippen LogP contribution < -0.4 is 0 Å². The molecule has 2 aliphatic rings. The fourth-order valence-electron chi connectivity index (χ4n) is 2.58. The van der Waals surface area contributed by atoms with Crippen LogP contribution in [0.5, 0.6) is 0 Å². The minimum atomic E-state index is -4.01. The average Bonchev–Trinajstić information content (AvgIpc) is 2.71. The minimum Gasteiger partial charge on any atom is -0.748 e. The molecule has 4 heteroatoms. The van der Waals surface area contributed by atoms with Crippen molar-refractivity contribution in [2.45, 2.75) is 44.3 Å². The Bertz CT molecular complexity index is 299. The maximum absolute atomic E-state index is 10.8. The highest BCUT2D eigenvalue weighted by molar-refractivity contribution is 7.86. The molecule has 0 aliphatic heterocycles. The minimum absolute atomic E-state index is 0.0902. The van der Waals surface area contributed by atoms with Crippen LogP contribution in [0.2, 0.25) is 0 Å². The van der Waals surface area contributed by atoms with Crippen LogP contribution in [0.1, 0.15) is 39.0 Å². The topological polar surface area (TPSA) is 57.2 Å². The molecule has 0 heterocycles. The zero-order valence-electron chi connectivity index (χ0n) is 7.82. The highest BCUT2D eigenvalue weighted by Crippen LogP contribution is 2.60. The van der Waals surface area contributed by atoms with Crippen molar-refractivity contribution >= 4 is 10.1 Å². The molecule has 0 aromatic heterocycles. The zero-order chi connectivity index (χ0) is 9.69. The molecule has 76 valence electrons. The van der Waals surface area contributed by atoms with Crippen LogP contribution in [0.15, 0.2) is 0 Å². The molecule has 1 atom stereocenters. The summed E-state index contributed by atoms with van der Waals surface area (Å²) in [6.45, 7) is 2.19. The van der Waals surface area contributed by atoms with E-state index in [1.807, 2.05) is 0 Å². The lowest BCUT2D eigenvalue weighted by molar-refractivity contribution is 0.269. The van der Waals surface area contributed by atoms with Gasteiger partial charge in [0.05, 0.1) is 15.4 Å². The maximum atomic E-state index is 10.8. The normalized spacial score (nSPS) is 45.1. The van der Waals surface area contributed by atoms with Gasteiger partial charge in [-0.25, -0.2) is 8.42 Å². The molecule has 1 unspecified atom stereocenters. The lowest BCUT2D eigenvalue weighted by atomic mass is 9.81. The predicted molar refractivity (Wildman–Crippen MR) is 48.2 cm³/mol. The quantitative estimate of drug-likeness (QED) is 0.607. The molecule has 2 saturated carbocycles. The van der Waals surface area contributed by atoms with Gasteiger partial charge in [0.2, 0.25) is 0 Å². The van der Waals surface area contributed by atoms with Crippen molar-refractivity contribution in [1.29, 1.82) is 0 Å². The van der Waals surface area contributed by atoms with E-state index in [2.05, 4.69) is 6.92 Å². The van der Waals surface area contributed by atoms with E-state index in [0.717, 1.165) is 25.7 Å². The van der Waals surface area contributed by atoms with Crippen molar-refractivity contribution in [2.75, 3.05) is 0 Å². The van der Waals surface area contributed by atoms with Crippen molar-refractivity contribution < 1.29 is 13.0 Å².